The highest BCUT2D eigenvalue weighted by Gasteiger charge is 2.15. The Bertz CT molecular complexity index is 282. The van der Waals surface area contributed by atoms with E-state index in [1.165, 1.54) is 0 Å². The first-order valence-electron chi connectivity index (χ1n) is 8.09. The molecule has 0 saturated carbocycles. The first kappa shape index (κ1) is 18.2. The van der Waals surface area contributed by atoms with Gasteiger partial charge in [0.1, 0.15) is 5.60 Å². The summed E-state index contributed by atoms with van der Waals surface area (Å²) in [6.45, 7) is 11.4. The van der Waals surface area contributed by atoms with E-state index in [0.717, 1.165) is 52.0 Å². The van der Waals surface area contributed by atoms with Crippen molar-refractivity contribution in [3.63, 3.8) is 0 Å². The van der Waals surface area contributed by atoms with E-state index >= 15 is 0 Å². The third kappa shape index (κ3) is 10.5. The average molecular weight is 300 g/mol. The molecule has 0 spiro atoms. The van der Waals surface area contributed by atoms with Gasteiger partial charge in [0.2, 0.25) is 0 Å². The molecule has 21 heavy (non-hydrogen) atoms. The van der Waals surface area contributed by atoms with Crippen LogP contribution in [0.25, 0.3) is 0 Å². The Morgan fingerprint density at radius 2 is 1.86 bits per heavy atom. The number of alkyl carbamates (subject to hydrolysis) is 1. The SMILES string of the molecule is CC(C)(C)OC(=O)NCCCC[C@@H]1CNCCNCCN1. The lowest BCUT2D eigenvalue weighted by Gasteiger charge is -2.20. The van der Waals surface area contributed by atoms with Gasteiger partial charge in [-0.05, 0) is 33.6 Å². The van der Waals surface area contributed by atoms with Crippen molar-refractivity contribution in [3.05, 3.63) is 0 Å². The maximum Gasteiger partial charge on any atom is 0.407 e. The summed E-state index contributed by atoms with van der Waals surface area (Å²) in [7, 11) is 0. The van der Waals surface area contributed by atoms with E-state index in [2.05, 4.69) is 21.3 Å². The highest BCUT2D eigenvalue weighted by molar-refractivity contribution is 5.67. The van der Waals surface area contributed by atoms with Crippen LogP contribution < -0.4 is 21.3 Å². The van der Waals surface area contributed by atoms with Crippen molar-refractivity contribution in [2.24, 2.45) is 0 Å². The summed E-state index contributed by atoms with van der Waals surface area (Å²) in [6, 6.07) is 0.520. The van der Waals surface area contributed by atoms with Crippen LogP contribution in [0.5, 0.6) is 0 Å². The van der Waals surface area contributed by atoms with E-state index in [9.17, 15) is 4.79 Å². The van der Waals surface area contributed by atoms with E-state index in [-0.39, 0.29) is 6.09 Å². The average Bonchev–Trinajstić information content (AvgIpc) is 2.50. The first-order valence-corrected chi connectivity index (χ1v) is 8.09. The lowest BCUT2D eigenvalue weighted by Crippen LogP contribution is -2.39. The summed E-state index contributed by atoms with van der Waals surface area (Å²) < 4.78 is 5.20. The van der Waals surface area contributed by atoms with Crippen molar-refractivity contribution in [2.45, 2.75) is 51.7 Å². The van der Waals surface area contributed by atoms with E-state index in [0.29, 0.717) is 12.6 Å². The summed E-state index contributed by atoms with van der Waals surface area (Å²) >= 11 is 0. The van der Waals surface area contributed by atoms with Crippen LogP contribution in [0.15, 0.2) is 0 Å². The van der Waals surface area contributed by atoms with Gasteiger partial charge in [-0.2, -0.15) is 0 Å². The van der Waals surface area contributed by atoms with Gasteiger partial charge < -0.3 is 26.0 Å². The van der Waals surface area contributed by atoms with Gasteiger partial charge in [0, 0.05) is 45.3 Å². The molecule has 1 rings (SSSR count). The maximum atomic E-state index is 11.5. The predicted molar refractivity (Wildman–Crippen MR) is 85.6 cm³/mol. The second kappa shape index (κ2) is 9.97. The zero-order valence-corrected chi connectivity index (χ0v) is 13.8. The van der Waals surface area contributed by atoms with Crippen LogP contribution in [0, 0.1) is 0 Å². The molecule has 1 atom stereocenters. The first-order chi connectivity index (χ1) is 9.97. The molecule has 4 N–H and O–H groups in total. The number of carbonyl (C=O) groups is 1. The maximum absolute atomic E-state index is 11.5. The molecule has 0 aliphatic carbocycles. The Hall–Kier alpha value is -0.850. The molecular weight excluding hydrogens is 268 g/mol. The Labute approximate surface area is 128 Å². The Morgan fingerprint density at radius 1 is 1.14 bits per heavy atom. The highest BCUT2D eigenvalue weighted by Crippen LogP contribution is 2.06. The second-order valence-corrected chi connectivity index (χ2v) is 6.53. The number of nitrogens with one attached hydrogen (secondary N) is 4. The number of amides is 1. The standard InChI is InChI=1S/C15H32N4O2/c1-15(2,3)21-14(20)19-7-5-4-6-13-12-17-9-8-16-10-11-18-13/h13,16-18H,4-12H2,1-3H3,(H,19,20)/t13-/m1/s1. The Balaban J connectivity index is 2.05. The highest BCUT2D eigenvalue weighted by atomic mass is 16.6. The van der Waals surface area contributed by atoms with Gasteiger partial charge in [0.05, 0.1) is 0 Å². The molecule has 1 aliphatic heterocycles. The minimum atomic E-state index is -0.426. The molecule has 0 aromatic heterocycles. The van der Waals surface area contributed by atoms with Crippen LogP contribution in [-0.2, 0) is 4.74 Å². The molecule has 0 unspecified atom stereocenters. The van der Waals surface area contributed by atoms with Gasteiger partial charge in [0.25, 0.3) is 0 Å². The van der Waals surface area contributed by atoms with Crippen LogP contribution >= 0.6 is 0 Å². The molecule has 1 fully saturated rings. The van der Waals surface area contributed by atoms with Gasteiger partial charge in [-0.25, -0.2) is 4.79 Å². The predicted octanol–water partition coefficient (Wildman–Crippen LogP) is 0.832. The molecule has 0 bridgehead atoms. The molecule has 0 aromatic rings. The van der Waals surface area contributed by atoms with Crippen molar-refractivity contribution in [1.29, 1.82) is 0 Å². The molecule has 0 aromatic carbocycles. The van der Waals surface area contributed by atoms with E-state index in [1.807, 2.05) is 20.8 Å². The molecule has 6 nitrogen and oxygen atoms in total. The normalized spacial score (nSPS) is 21.0. The molecule has 1 heterocycles. The molecule has 1 aliphatic rings. The Morgan fingerprint density at radius 3 is 2.62 bits per heavy atom. The van der Waals surface area contributed by atoms with Gasteiger partial charge in [-0.1, -0.05) is 6.42 Å². The van der Waals surface area contributed by atoms with Crippen molar-refractivity contribution in [3.8, 4) is 0 Å². The minimum absolute atomic E-state index is 0.323. The van der Waals surface area contributed by atoms with Crippen LogP contribution in [0.4, 0.5) is 4.79 Å². The fourth-order valence-electron chi connectivity index (χ4n) is 2.24. The fourth-order valence-corrected chi connectivity index (χ4v) is 2.24. The third-order valence-corrected chi connectivity index (χ3v) is 3.25. The summed E-state index contributed by atoms with van der Waals surface area (Å²) in [4.78, 5) is 11.5. The van der Waals surface area contributed by atoms with E-state index < -0.39 is 5.60 Å². The lowest BCUT2D eigenvalue weighted by molar-refractivity contribution is 0.0527. The van der Waals surface area contributed by atoms with Gasteiger partial charge >= 0.3 is 6.09 Å². The molecule has 1 amide bonds. The summed E-state index contributed by atoms with van der Waals surface area (Å²) in [5.41, 5.74) is -0.426. The zero-order chi connectivity index (χ0) is 15.6. The van der Waals surface area contributed by atoms with Gasteiger partial charge in [0.15, 0.2) is 0 Å². The smallest absolute Gasteiger partial charge is 0.407 e. The molecule has 124 valence electrons. The van der Waals surface area contributed by atoms with Crippen molar-refractivity contribution < 1.29 is 9.53 Å². The summed E-state index contributed by atoms with van der Waals surface area (Å²) in [5.74, 6) is 0. The third-order valence-electron chi connectivity index (χ3n) is 3.25. The number of unbranched alkanes of at least 4 members (excludes halogenated alkanes) is 1. The number of ether oxygens (including phenoxy) is 1. The number of hydrogen-bond donors (Lipinski definition) is 4. The zero-order valence-electron chi connectivity index (χ0n) is 13.8. The number of hydrogen-bond acceptors (Lipinski definition) is 5. The van der Waals surface area contributed by atoms with E-state index in [4.69, 9.17) is 4.74 Å². The largest absolute Gasteiger partial charge is 0.444 e. The quantitative estimate of drug-likeness (QED) is 0.566. The molecule has 1 saturated heterocycles. The number of carbonyl (C=O) groups excluding carboxylic acids is 1. The minimum Gasteiger partial charge on any atom is -0.444 e. The number of rotatable bonds is 5. The Kier molecular flexibility index (Phi) is 8.64. The van der Waals surface area contributed by atoms with Crippen LogP contribution in [0.3, 0.4) is 0 Å². The van der Waals surface area contributed by atoms with Crippen molar-refractivity contribution in [2.75, 3.05) is 39.3 Å². The fraction of sp³-hybridized carbons (Fsp3) is 0.933. The monoisotopic (exact) mass is 300 g/mol. The second-order valence-electron chi connectivity index (χ2n) is 6.53. The van der Waals surface area contributed by atoms with Gasteiger partial charge in [-0.3, -0.25) is 0 Å². The lowest BCUT2D eigenvalue weighted by atomic mass is 10.1. The van der Waals surface area contributed by atoms with Crippen molar-refractivity contribution in [1.82, 2.24) is 21.3 Å². The van der Waals surface area contributed by atoms with Crippen LogP contribution in [0.2, 0.25) is 0 Å². The van der Waals surface area contributed by atoms with Gasteiger partial charge in [-0.15, -0.1) is 0 Å². The molecule has 6 heteroatoms. The molecule has 0 radical (unpaired) electrons. The van der Waals surface area contributed by atoms with Crippen molar-refractivity contribution >= 4 is 6.09 Å². The van der Waals surface area contributed by atoms with Crippen LogP contribution in [-0.4, -0.2) is 57.0 Å². The topological polar surface area (TPSA) is 74.4 Å². The van der Waals surface area contributed by atoms with E-state index in [1.54, 1.807) is 0 Å². The van der Waals surface area contributed by atoms with Crippen LogP contribution in [0.1, 0.15) is 40.0 Å². The summed E-state index contributed by atoms with van der Waals surface area (Å²) in [6.07, 6.45) is 2.89. The molecular formula is C15H32N4O2. The summed E-state index contributed by atoms with van der Waals surface area (Å²) in [5, 5.41) is 13.2.